The number of para-hydroxylation sites is 1. The monoisotopic (exact) mass is 259 g/mol. The quantitative estimate of drug-likeness (QED) is 0.838. The van der Waals surface area contributed by atoms with Crippen molar-refractivity contribution < 1.29 is 4.74 Å². The van der Waals surface area contributed by atoms with E-state index in [1.807, 2.05) is 12.1 Å². The molecule has 2 heteroatoms. The van der Waals surface area contributed by atoms with Gasteiger partial charge in [0.2, 0.25) is 0 Å². The van der Waals surface area contributed by atoms with Gasteiger partial charge >= 0.3 is 0 Å². The summed E-state index contributed by atoms with van der Waals surface area (Å²) in [7, 11) is 1.75. The van der Waals surface area contributed by atoms with Crippen LogP contribution in [0.4, 0.5) is 0 Å². The zero-order valence-electron chi connectivity index (χ0n) is 12.5. The molecular formula is C17H25NO. The van der Waals surface area contributed by atoms with Crippen LogP contribution in [0.3, 0.4) is 0 Å². The first-order valence-corrected chi connectivity index (χ1v) is 7.10. The Kier molecular flexibility index (Phi) is 4.31. The lowest BCUT2D eigenvalue weighted by Crippen LogP contribution is -2.49. The normalized spacial score (nSPS) is 24.4. The van der Waals surface area contributed by atoms with Crippen LogP contribution >= 0.6 is 0 Å². The highest BCUT2D eigenvalue weighted by Gasteiger charge is 2.35. The first kappa shape index (κ1) is 14.1. The largest absolute Gasteiger partial charge is 0.496 e. The SMILES string of the molecule is C/C=C1\CCN[C@H](Cc2ccccc2OC)C1(C)C. The summed E-state index contributed by atoms with van der Waals surface area (Å²) in [6.45, 7) is 7.91. The molecule has 0 saturated carbocycles. The summed E-state index contributed by atoms with van der Waals surface area (Å²) in [5, 5.41) is 3.68. The van der Waals surface area contributed by atoms with E-state index in [0.29, 0.717) is 6.04 Å². The zero-order chi connectivity index (χ0) is 13.9. The minimum atomic E-state index is 0.202. The summed E-state index contributed by atoms with van der Waals surface area (Å²) in [6, 6.07) is 8.79. The summed E-state index contributed by atoms with van der Waals surface area (Å²) in [5.74, 6) is 0.993. The smallest absolute Gasteiger partial charge is 0.122 e. The van der Waals surface area contributed by atoms with Crippen LogP contribution in [0, 0.1) is 5.41 Å². The predicted molar refractivity (Wildman–Crippen MR) is 80.6 cm³/mol. The third-order valence-corrected chi connectivity index (χ3v) is 4.45. The Morgan fingerprint density at radius 2 is 2.11 bits per heavy atom. The van der Waals surface area contributed by atoms with E-state index in [2.05, 4.69) is 44.3 Å². The average Bonchev–Trinajstić information content (AvgIpc) is 2.41. The van der Waals surface area contributed by atoms with Crippen molar-refractivity contribution >= 4 is 0 Å². The first-order chi connectivity index (χ1) is 9.09. The summed E-state index contributed by atoms with van der Waals surface area (Å²) in [5.41, 5.74) is 3.05. The van der Waals surface area contributed by atoms with Crippen molar-refractivity contribution in [1.29, 1.82) is 0 Å². The predicted octanol–water partition coefficient (Wildman–Crippen LogP) is 3.57. The number of nitrogens with one attached hydrogen (secondary N) is 1. The second kappa shape index (κ2) is 5.79. The van der Waals surface area contributed by atoms with Crippen molar-refractivity contribution in [2.24, 2.45) is 5.41 Å². The van der Waals surface area contributed by atoms with Crippen molar-refractivity contribution in [2.75, 3.05) is 13.7 Å². The van der Waals surface area contributed by atoms with E-state index in [1.54, 1.807) is 12.7 Å². The first-order valence-electron chi connectivity index (χ1n) is 7.10. The Labute approximate surface area is 116 Å². The highest BCUT2D eigenvalue weighted by molar-refractivity contribution is 5.35. The Morgan fingerprint density at radius 1 is 1.37 bits per heavy atom. The standard InChI is InChI=1S/C17H25NO/c1-5-14-10-11-18-16(17(14,2)3)12-13-8-6-7-9-15(13)19-4/h5-9,16,18H,10-12H2,1-4H3/b14-5+/t16-/m1/s1. The molecule has 1 saturated heterocycles. The highest BCUT2D eigenvalue weighted by atomic mass is 16.5. The van der Waals surface area contributed by atoms with Crippen molar-refractivity contribution in [1.82, 2.24) is 5.32 Å². The van der Waals surface area contributed by atoms with E-state index in [9.17, 15) is 0 Å². The molecule has 2 nitrogen and oxygen atoms in total. The average molecular weight is 259 g/mol. The topological polar surface area (TPSA) is 21.3 Å². The molecule has 1 aromatic carbocycles. The van der Waals surface area contributed by atoms with Crippen LogP contribution in [-0.2, 0) is 6.42 Å². The van der Waals surface area contributed by atoms with Gasteiger partial charge in [0.05, 0.1) is 7.11 Å². The number of methoxy groups -OCH3 is 1. The molecular weight excluding hydrogens is 234 g/mol. The summed E-state index contributed by atoms with van der Waals surface area (Å²) in [6.07, 6.45) is 4.45. The van der Waals surface area contributed by atoms with Gasteiger partial charge in [0.1, 0.15) is 5.75 Å². The van der Waals surface area contributed by atoms with E-state index in [4.69, 9.17) is 4.74 Å². The lowest BCUT2D eigenvalue weighted by molar-refractivity contribution is 0.248. The number of piperidine rings is 1. The Bertz CT molecular complexity index is 462. The van der Waals surface area contributed by atoms with Crippen LogP contribution in [-0.4, -0.2) is 19.7 Å². The molecule has 0 amide bonds. The van der Waals surface area contributed by atoms with Gasteiger partial charge in [-0.05, 0) is 37.9 Å². The van der Waals surface area contributed by atoms with Gasteiger partial charge in [0.15, 0.2) is 0 Å². The van der Waals surface area contributed by atoms with Gasteiger partial charge in [-0.3, -0.25) is 0 Å². The molecule has 0 aromatic heterocycles. The fourth-order valence-corrected chi connectivity index (χ4v) is 3.12. The minimum Gasteiger partial charge on any atom is -0.496 e. The van der Waals surface area contributed by atoms with Crippen molar-refractivity contribution in [3.8, 4) is 5.75 Å². The molecule has 104 valence electrons. The maximum atomic E-state index is 5.47. The maximum Gasteiger partial charge on any atom is 0.122 e. The molecule has 0 spiro atoms. The van der Waals surface area contributed by atoms with E-state index < -0.39 is 0 Å². The van der Waals surface area contributed by atoms with Crippen molar-refractivity contribution in [2.45, 2.75) is 39.7 Å². The van der Waals surface area contributed by atoms with Gasteiger partial charge in [-0.15, -0.1) is 0 Å². The summed E-state index contributed by atoms with van der Waals surface area (Å²) < 4.78 is 5.47. The number of hydrogen-bond acceptors (Lipinski definition) is 2. The van der Waals surface area contributed by atoms with E-state index >= 15 is 0 Å². The van der Waals surface area contributed by atoms with Gasteiger partial charge in [0.25, 0.3) is 0 Å². The lowest BCUT2D eigenvalue weighted by Gasteiger charge is -2.42. The summed E-state index contributed by atoms with van der Waals surface area (Å²) in [4.78, 5) is 0. The van der Waals surface area contributed by atoms with Gasteiger partial charge in [0, 0.05) is 11.5 Å². The molecule has 1 fully saturated rings. The van der Waals surface area contributed by atoms with Gasteiger partial charge in [-0.2, -0.15) is 0 Å². The molecule has 1 atom stereocenters. The Hall–Kier alpha value is -1.28. The van der Waals surface area contributed by atoms with Crippen molar-refractivity contribution in [3.63, 3.8) is 0 Å². The van der Waals surface area contributed by atoms with Crippen LogP contribution < -0.4 is 10.1 Å². The Balaban J connectivity index is 2.22. The molecule has 1 heterocycles. The molecule has 0 bridgehead atoms. The number of rotatable bonds is 3. The molecule has 19 heavy (non-hydrogen) atoms. The van der Waals surface area contributed by atoms with Gasteiger partial charge in [-0.25, -0.2) is 0 Å². The van der Waals surface area contributed by atoms with Crippen LogP contribution in [0.1, 0.15) is 32.8 Å². The zero-order valence-corrected chi connectivity index (χ0v) is 12.5. The second-order valence-corrected chi connectivity index (χ2v) is 5.81. The number of ether oxygens (including phenoxy) is 1. The Morgan fingerprint density at radius 3 is 2.79 bits per heavy atom. The molecule has 0 aliphatic carbocycles. The molecule has 2 rings (SSSR count). The second-order valence-electron chi connectivity index (χ2n) is 5.81. The van der Waals surface area contributed by atoms with Crippen molar-refractivity contribution in [3.05, 3.63) is 41.5 Å². The van der Waals surface area contributed by atoms with E-state index in [1.165, 1.54) is 5.56 Å². The maximum absolute atomic E-state index is 5.47. The summed E-state index contributed by atoms with van der Waals surface area (Å²) >= 11 is 0. The van der Waals surface area contributed by atoms with Crippen LogP contribution in [0.2, 0.25) is 0 Å². The minimum absolute atomic E-state index is 0.202. The van der Waals surface area contributed by atoms with Crippen LogP contribution in [0.15, 0.2) is 35.9 Å². The fraction of sp³-hybridized carbons (Fsp3) is 0.529. The van der Waals surface area contributed by atoms with Crippen LogP contribution in [0.5, 0.6) is 5.75 Å². The molecule has 1 N–H and O–H groups in total. The van der Waals surface area contributed by atoms with E-state index in [-0.39, 0.29) is 5.41 Å². The fourth-order valence-electron chi connectivity index (χ4n) is 3.12. The number of allylic oxidation sites excluding steroid dienone is 1. The third-order valence-electron chi connectivity index (χ3n) is 4.45. The lowest BCUT2D eigenvalue weighted by atomic mass is 9.71. The molecule has 1 aliphatic heterocycles. The van der Waals surface area contributed by atoms with Crippen LogP contribution in [0.25, 0.3) is 0 Å². The van der Waals surface area contributed by atoms with Gasteiger partial charge < -0.3 is 10.1 Å². The molecule has 1 aromatic rings. The third kappa shape index (κ3) is 2.84. The number of benzene rings is 1. The molecule has 0 radical (unpaired) electrons. The van der Waals surface area contributed by atoms with Gasteiger partial charge in [-0.1, -0.05) is 43.7 Å². The number of hydrogen-bond donors (Lipinski definition) is 1. The molecule has 1 aliphatic rings. The van der Waals surface area contributed by atoms with E-state index in [0.717, 1.165) is 25.1 Å². The highest BCUT2D eigenvalue weighted by Crippen LogP contribution is 2.37. The molecule has 0 unspecified atom stereocenters.